The van der Waals surface area contributed by atoms with Gasteiger partial charge in [-0.1, -0.05) is 6.92 Å². The number of H-pyrrole nitrogens is 1. The van der Waals surface area contributed by atoms with Gasteiger partial charge in [0.1, 0.15) is 5.82 Å². The molecule has 9 heteroatoms. The van der Waals surface area contributed by atoms with Crippen LogP contribution in [-0.2, 0) is 9.59 Å². The van der Waals surface area contributed by atoms with Crippen LogP contribution in [0.1, 0.15) is 24.7 Å². The first-order chi connectivity index (χ1) is 10.9. The van der Waals surface area contributed by atoms with E-state index in [0.717, 1.165) is 6.42 Å². The summed E-state index contributed by atoms with van der Waals surface area (Å²) in [6.07, 6.45) is 0.727. The smallest absolute Gasteiger partial charge is 0.314 e. The van der Waals surface area contributed by atoms with E-state index in [1.165, 1.54) is 10.7 Å². The highest BCUT2D eigenvalue weighted by Crippen LogP contribution is 2.13. The van der Waals surface area contributed by atoms with Gasteiger partial charge >= 0.3 is 11.8 Å². The maximum Gasteiger partial charge on any atom is 0.314 e. The highest BCUT2D eigenvalue weighted by atomic mass is 16.2. The molecule has 2 heterocycles. The van der Waals surface area contributed by atoms with Gasteiger partial charge in [0.2, 0.25) is 5.95 Å². The Balaban J connectivity index is 2.29. The summed E-state index contributed by atoms with van der Waals surface area (Å²) < 4.78 is 1.27. The molecule has 0 aliphatic carbocycles. The lowest BCUT2D eigenvalue weighted by molar-refractivity contribution is -0.136. The number of amides is 2. The molecular weight excluding hydrogens is 300 g/mol. The molecule has 0 aromatic carbocycles. The fraction of sp³-hybridized carbons (Fsp3) is 0.357. The SMILES string of the molecule is CCCNC(=O)C(=O)Nc1cc(C)nn1-c1nc(C)cc(=O)[nH]1. The fourth-order valence-electron chi connectivity index (χ4n) is 1.91. The van der Waals surface area contributed by atoms with Gasteiger partial charge in [0.05, 0.1) is 5.69 Å². The van der Waals surface area contributed by atoms with E-state index >= 15 is 0 Å². The molecule has 0 saturated heterocycles. The van der Waals surface area contributed by atoms with Gasteiger partial charge in [-0.05, 0) is 20.3 Å². The highest BCUT2D eigenvalue weighted by molar-refractivity contribution is 6.39. The Hall–Kier alpha value is -2.97. The number of rotatable bonds is 4. The zero-order chi connectivity index (χ0) is 17.0. The summed E-state index contributed by atoms with van der Waals surface area (Å²) in [6.45, 7) is 5.69. The van der Waals surface area contributed by atoms with Crippen molar-refractivity contribution < 1.29 is 9.59 Å². The number of anilines is 1. The van der Waals surface area contributed by atoms with Crippen LogP contribution in [0.2, 0.25) is 0 Å². The van der Waals surface area contributed by atoms with E-state index in [1.807, 2.05) is 6.92 Å². The van der Waals surface area contributed by atoms with Crippen molar-refractivity contribution in [3.63, 3.8) is 0 Å². The Morgan fingerprint density at radius 2 is 1.96 bits per heavy atom. The molecule has 0 bridgehead atoms. The highest BCUT2D eigenvalue weighted by Gasteiger charge is 2.17. The first-order valence-corrected chi connectivity index (χ1v) is 7.15. The van der Waals surface area contributed by atoms with E-state index in [9.17, 15) is 14.4 Å². The minimum atomic E-state index is -0.811. The van der Waals surface area contributed by atoms with E-state index in [1.54, 1.807) is 19.9 Å². The van der Waals surface area contributed by atoms with Gasteiger partial charge in [0.25, 0.3) is 5.56 Å². The fourth-order valence-corrected chi connectivity index (χ4v) is 1.91. The molecule has 23 heavy (non-hydrogen) atoms. The number of aromatic amines is 1. The van der Waals surface area contributed by atoms with Gasteiger partial charge in [-0.15, -0.1) is 0 Å². The van der Waals surface area contributed by atoms with E-state index in [4.69, 9.17) is 0 Å². The second kappa shape index (κ2) is 6.86. The molecule has 0 atom stereocenters. The van der Waals surface area contributed by atoms with Crippen molar-refractivity contribution in [1.82, 2.24) is 25.1 Å². The van der Waals surface area contributed by atoms with Crippen LogP contribution in [0.3, 0.4) is 0 Å². The molecule has 2 amide bonds. The summed E-state index contributed by atoms with van der Waals surface area (Å²) >= 11 is 0. The normalized spacial score (nSPS) is 10.4. The molecule has 0 radical (unpaired) electrons. The average Bonchev–Trinajstić information content (AvgIpc) is 2.84. The van der Waals surface area contributed by atoms with Gasteiger partial charge < -0.3 is 10.6 Å². The third-order valence-electron chi connectivity index (χ3n) is 2.87. The summed E-state index contributed by atoms with van der Waals surface area (Å²) in [4.78, 5) is 41.8. The monoisotopic (exact) mass is 318 g/mol. The molecule has 9 nitrogen and oxygen atoms in total. The predicted octanol–water partition coefficient (Wildman–Crippen LogP) is 0.0371. The summed E-state index contributed by atoms with van der Waals surface area (Å²) in [7, 11) is 0. The van der Waals surface area contributed by atoms with Gasteiger partial charge in [-0.2, -0.15) is 9.78 Å². The molecule has 2 aromatic heterocycles. The number of nitrogens with zero attached hydrogens (tertiary/aromatic N) is 3. The standard InChI is InChI=1S/C14H18N6O3/c1-4-5-15-12(22)13(23)17-10-6-9(3)19-20(10)14-16-8(2)7-11(21)18-14/h6-7H,4-5H2,1-3H3,(H,15,22)(H,17,23)(H,16,18,21). The second-order valence-corrected chi connectivity index (χ2v) is 5.00. The molecular formula is C14H18N6O3. The number of aryl methyl sites for hydroxylation is 2. The van der Waals surface area contributed by atoms with Crippen molar-refractivity contribution in [3.05, 3.63) is 33.9 Å². The largest absolute Gasteiger partial charge is 0.348 e. The number of nitrogens with one attached hydrogen (secondary N) is 3. The first kappa shape index (κ1) is 16.4. The topological polar surface area (TPSA) is 122 Å². The number of aromatic nitrogens is 4. The lowest BCUT2D eigenvalue weighted by Gasteiger charge is -2.08. The number of hydrogen-bond acceptors (Lipinski definition) is 5. The van der Waals surface area contributed by atoms with Crippen molar-refractivity contribution in [2.45, 2.75) is 27.2 Å². The third kappa shape index (κ3) is 4.02. The minimum Gasteiger partial charge on any atom is -0.348 e. The van der Waals surface area contributed by atoms with Gasteiger partial charge in [-0.3, -0.25) is 19.4 Å². The Bertz CT molecular complexity index is 792. The number of carbonyl (C=O) groups excluding carboxylic acids is 2. The number of hydrogen-bond donors (Lipinski definition) is 3. The summed E-state index contributed by atoms with van der Waals surface area (Å²) in [5, 5.41) is 9.12. The first-order valence-electron chi connectivity index (χ1n) is 7.15. The summed E-state index contributed by atoms with van der Waals surface area (Å²) in [5.74, 6) is -1.14. The van der Waals surface area contributed by atoms with Gasteiger partial charge in [0, 0.05) is 24.4 Å². The van der Waals surface area contributed by atoms with Crippen LogP contribution in [0.25, 0.3) is 5.95 Å². The molecule has 3 N–H and O–H groups in total. The van der Waals surface area contributed by atoms with Crippen LogP contribution in [0.5, 0.6) is 0 Å². The Morgan fingerprint density at radius 1 is 1.22 bits per heavy atom. The Kier molecular flexibility index (Phi) is 4.89. The molecule has 0 aliphatic heterocycles. The molecule has 0 aliphatic rings. The zero-order valence-electron chi connectivity index (χ0n) is 13.1. The van der Waals surface area contributed by atoms with Crippen molar-refractivity contribution in [1.29, 1.82) is 0 Å². The van der Waals surface area contributed by atoms with Crippen LogP contribution < -0.4 is 16.2 Å². The molecule has 0 unspecified atom stereocenters. The Labute approximate surface area is 132 Å². The molecule has 2 aromatic rings. The number of carbonyl (C=O) groups is 2. The zero-order valence-corrected chi connectivity index (χ0v) is 13.1. The van der Waals surface area contributed by atoms with Gasteiger partial charge in [0.15, 0.2) is 0 Å². The van der Waals surface area contributed by atoms with E-state index < -0.39 is 11.8 Å². The van der Waals surface area contributed by atoms with Crippen LogP contribution in [0.4, 0.5) is 5.82 Å². The third-order valence-corrected chi connectivity index (χ3v) is 2.87. The molecule has 0 saturated carbocycles. The summed E-state index contributed by atoms with van der Waals surface area (Å²) in [5.41, 5.74) is 0.770. The lowest BCUT2D eigenvalue weighted by Crippen LogP contribution is -2.36. The molecule has 2 rings (SSSR count). The average molecular weight is 318 g/mol. The second-order valence-electron chi connectivity index (χ2n) is 5.00. The quantitative estimate of drug-likeness (QED) is 0.687. The van der Waals surface area contributed by atoms with E-state index in [0.29, 0.717) is 17.9 Å². The molecule has 0 spiro atoms. The summed E-state index contributed by atoms with van der Waals surface area (Å²) in [6, 6.07) is 2.92. The van der Waals surface area contributed by atoms with Gasteiger partial charge in [-0.25, -0.2) is 4.98 Å². The van der Waals surface area contributed by atoms with Crippen molar-refractivity contribution >= 4 is 17.6 Å². The van der Waals surface area contributed by atoms with Crippen LogP contribution in [0, 0.1) is 13.8 Å². The van der Waals surface area contributed by atoms with E-state index in [-0.39, 0.29) is 17.3 Å². The maximum atomic E-state index is 11.9. The van der Waals surface area contributed by atoms with Crippen LogP contribution in [-0.4, -0.2) is 38.1 Å². The van der Waals surface area contributed by atoms with Crippen LogP contribution in [0.15, 0.2) is 16.9 Å². The predicted molar refractivity (Wildman–Crippen MR) is 83.4 cm³/mol. The maximum absolute atomic E-state index is 11.9. The molecule has 122 valence electrons. The van der Waals surface area contributed by atoms with Crippen molar-refractivity contribution in [2.75, 3.05) is 11.9 Å². The van der Waals surface area contributed by atoms with Crippen molar-refractivity contribution in [3.8, 4) is 5.95 Å². The Morgan fingerprint density at radius 3 is 2.61 bits per heavy atom. The van der Waals surface area contributed by atoms with E-state index in [2.05, 4.69) is 25.7 Å². The van der Waals surface area contributed by atoms with Crippen LogP contribution >= 0.6 is 0 Å². The lowest BCUT2D eigenvalue weighted by atomic mass is 10.4. The minimum absolute atomic E-state index is 0.160. The molecule has 0 fully saturated rings. The van der Waals surface area contributed by atoms with Crippen molar-refractivity contribution in [2.24, 2.45) is 0 Å².